The second-order valence-electron chi connectivity index (χ2n) is 21.3. The van der Waals surface area contributed by atoms with Crippen molar-refractivity contribution in [1.82, 2.24) is 46.0 Å². The molecule has 26 heteroatoms. The van der Waals surface area contributed by atoms with Gasteiger partial charge in [-0.05, 0) is 71.0 Å². The summed E-state index contributed by atoms with van der Waals surface area (Å²) in [6.07, 6.45) is -2.34. The van der Waals surface area contributed by atoms with Gasteiger partial charge in [0, 0.05) is 54.9 Å². The predicted octanol–water partition coefficient (Wildman–Crippen LogP) is 1.18. The maximum Gasteiger partial charge on any atom is 0.407 e. The van der Waals surface area contributed by atoms with E-state index in [-0.39, 0.29) is 48.1 Å². The van der Waals surface area contributed by atoms with Crippen molar-refractivity contribution < 1.29 is 63.3 Å². The van der Waals surface area contributed by atoms with Crippen LogP contribution in [0.2, 0.25) is 0 Å². The highest BCUT2D eigenvalue weighted by atomic mass is 16.7. The number of nitrogens with two attached hydrogens (primary N) is 1. The first-order chi connectivity index (χ1) is 40.9. The van der Waals surface area contributed by atoms with Gasteiger partial charge in [-0.15, -0.1) is 0 Å². The number of phenols is 1. The molecule has 4 unspecified atom stereocenters. The van der Waals surface area contributed by atoms with Gasteiger partial charge < -0.3 is 57.7 Å². The van der Waals surface area contributed by atoms with E-state index in [1.54, 1.807) is 47.5 Å². The SMILES string of the molecule is NC(=O)C[C@H](NC(=O)[C@H](Cc1ccc(O)c(-n2[nH]c(=O)n(-c3ccccc3)c2=O)c1)NC(=O)CNC(=O)OCC1c2ccccc2-c2ccccc21)C(=O)N[C@@H](CC1(ON2C3CCCC2CC(=O)C3)c2ccccc2NC1O)C(=O)NCC(=O)O. The summed E-state index contributed by atoms with van der Waals surface area (Å²) < 4.78 is 7.19. The van der Waals surface area contributed by atoms with Crippen LogP contribution in [0.1, 0.15) is 73.1 Å². The number of hydrogen-bond acceptors (Lipinski definition) is 16. The Balaban J connectivity index is 0.916. The number of primary amides is 1. The first-order valence-electron chi connectivity index (χ1n) is 27.5. The number of nitrogens with one attached hydrogen (secondary N) is 7. The number of aromatic hydroxyl groups is 1. The Labute approximate surface area is 483 Å². The monoisotopic (exact) mass is 1160 g/mol. The fraction of sp³-hybridized carbons (Fsp3) is 0.322. The lowest BCUT2D eigenvalue weighted by molar-refractivity contribution is -0.323. The second kappa shape index (κ2) is 24.9. The summed E-state index contributed by atoms with van der Waals surface area (Å²) in [6.45, 7) is -1.77. The van der Waals surface area contributed by atoms with E-state index in [0.29, 0.717) is 24.1 Å². The number of amides is 6. The molecular formula is C59H61N11O15. The van der Waals surface area contributed by atoms with Crippen molar-refractivity contribution in [2.24, 2.45) is 5.73 Å². The number of benzene rings is 5. The van der Waals surface area contributed by atoms with Crippen LogP contribution < -0.4 is 49.0 Å². The van der Waals surface area contributed by atoms with Gasteiger partial charge in [-0.3, -0.25) is 38.4 Å². The summed E-state index contributed by atoms with van der Waals surface area (Å²) in [5, 5.41) is 51.7. The van der Waals surface area contributed by atoms with Crippen LogP contribution in [0.3, 0.4) is 0 Å². The van der Waals surface area contributed by atoms with Crippen LogP contribution >= 0.6 is 0 Å². The van der Waals surface area contributed by atoms with Crippen molar-refractivity contribution >= 4 is 53.1 Å². The number of fused-ring (bicyclic) bond motifs is 6. The van der Waals surface area contributed by atoms with Gasteiger partial charge >= 0.3 is 23.4 Å². The number of rotatable bonds is 22. The van der Waals surface area contributed by atoms with E-state index in [1.807, 2.05) is 48.5 Å². The number of H-pyrrole nitrogens is 1. The van der Waals surface area contributed by atoms with Crippen LogP contribution in [-0.4, -0.2) is 138 Å². The number of aromatic nitrogens is 3. The quantitative estimate of drug-likeness (QED) is 0.0455. The van der Waals surface area contributed by atoms with Crippen molar-refractivity contribution in [2.45, 2.75) is 99.3 Å². The zero-order valence-electron chi connectivity index (χ0n) is 45.5. The van der Waals surface area contributed by atoms with E-state index in [4.69, 9.17) is 15.3 Å². The van der Waals surface area contributed by atoms with Gasteiger partial charge in [0.25, 0.3) is 0 Å². The van der Waals surface area contributed by atoms with Crippen molar-refractivity contribution in [3.05, 3.63) is 165 Å². The molecule has 1 aliphatic carbocycles. The van der Waals surface area contributed by atoms with Crippen LogP contribution in [0.4, 0.5) is 10.5 Å². The minimum atomic E-state index is -1.93. The Kier molecular flexibility index (Phi) is 17.1. The molecule has 26 nitrogen and oxygen atoms in total. The number of aliphatic carboxylic acids is 1. The molecule has 6 amide bonds. The van der Waals surface area contributed by atoms with E-state index in [9.17, 15) is 63.3 Å². The highest BCUT2D eigenvalue weighted by molar-refractivity contribution is 5.97. The first kappa shape index (κ1) is 58.3. The fourth-order valence-electron chi connectivity index (χ4n) is 11.7. The van der Waals surface area contributed by atoms with E-state index in [2.05, 4.69) is 37.0 Å². The number of phenolic OH excluding ortho intramolecular Hbond substituents is 1. The molecule has 0 saturated carbocycles. The van der Waals surface area contributed by atoms with Crippen molar-refractivity contribution in [2.75, 3.05) is 25.0 Å². The van der Waals surface area contributed by atoms with Crippen LogP contribution in [0.25, 0.3) is 22.5 Å². The molecule has 442 valence electrons. The molecule has 6 aromatic rings. The van der Waals surface area contributed by atoms with Crippen LogP contribution in [0.15, 0.2) is 131 Å². The molecule has 2 bridgehead atoms. The number of ether oxygens (including phenoxy) is 1. The molecule has 12 N–H and O–H groups in total. The van der Waals surface area contributed by atoms with Gasteiger partial charge in [-0.1, -0.05) is 97.4 Å². The molecule has 10 rings (SSSR count). The lowest BCUT2D eigenvalue weighted by atomic mass is 9.84. The van der Waals surface area contributed by atoms with E-state index in [0.717, 1.165) is 44.0 Å². The van der Waals surface area contributed by atoms with Crippen molar-refractivity contribution in [3.8, 4) is 28.3 Å². The number of Topliss-reactive ketones (excluding diaryl/α,β-unsaturated/α-hetero) is 1. The maximum atomic E-state index is 14.7. The second-order valence-corrected chi connectivity index (χ2v) is 21.3. The summed E-state index contributed by atoms with van der Waals surface area (Å²) in [4.78, 5) is 142. The number of hydroxylamine groups is 2. The molecule has 0 radical (unpaired) electrons. The number of aliphatic hydroxyl groups excluding tert-OH is 1. The Morgan fingerprint density at radius 1 is 0.729 bits per heavy atom. The van der Waals surface area contributed by atoms with Crippen LogP contribution in [0, 0.1) is 0 Å². The molecule has 5 aromatic carbocycles. The average molecular weight is 1160 g/mol. The lowest BCUT2D eigenvalue weighted by Crippen LogP contribution is -2.61. The third-order valence-electron chi connectivity index (χ3n) is 15.6. The smallest absolute Gasteiger partial charge is 0.407 e. The van der Waals surface area contributed by atoms with Gasteiger partial charge in [0.1, 0.15) is 55.0 Å². The zero-order valence-corrected chi connectivity index (χ0v) is 45.5. The number of para-hydroxylation sites is 2. The Morgan fingerprint density at radius 3 is 2.05 bits per heavy atom. The third-order valence-corrected chi connectivity index (χ3v) is 15.6. The number of anilines is 1. The number of carboxylic acid groups (broad SMARTS) is 1. The Morgan fingerprint density at radius 2 is 1.36 bits per heavy atom. The highest BCUT2D eigenvalue weighted by Gasteiger charge is 2.55. The summed E-state index contributed by atoms with van der Waals surface area (Å²) >= 11 is 0. The Hall–Kier alpha value is -9.92. The lowest BCUT2D eigenvalue weighted by Gasteiger charge is -2.49. The molecule has 7 atom stereocenters. The number of carbonyl (C=O) groups is 8. The summed E-state index contributed by atoms with van der Waals surface area (Å²) in [7, 11) is 0. The van der Waals surface area contributed by atoms with Gasteiger partial charge in [0.05, 0.1) is 12.1 Å². The van der Waals surface area contributed by atoms with E-state index in [1.165, 1.54) is 24.3 Å². The van der Waals surface area contributed by atoms with Gasteiger partial charge in [0.2, 0.25) is 29.5 Å². The maximum absolute atomic E-state index is 14.7. The molecule has 4 aliphatic rings. The minimum Gasteiger partial charge on any atom is -0.506 e. The molecule has 0 spiro atoms. The van der Waals surface area contributed by atoms with Crippen molar-refractivity contribution in [1.29, 1.82) is 0 Å². The normalized spacial score (nSPS) is 19.6. The Bertz CT molecular complexity index is 3650. The molecule has 4 heterocycles. The van der Waals surface area contributed by atoms with Crippen LogP contribution in [0.5, 0.6) is 5.75 Å². The summed E-state index contributed by atoms with van der Waals surface area (Å²) in [5.41, 5.74) is 6.68. The molecule has 85 heavy (non-hydrogen) atoms. The van der Waals surface area contributed by atoms with Crippen molar-refractivity contribution in [3.63, 3.8) is 0 Å². The topological polar surface area (TPSA) is 377 Å². The number of carboxylic acids is 1. The predicted molar refractivity (Wildman–Crippen MR) is 302 cm³/mol. The average Bonchev–Trinajstić information content (AvgIpc) is 1.82. The highest BCUT2D eigenvalue weighted by Crippen LogP contribution is 2.48. The number of ketones is 1. The number of aromatic amines is 1. The first-order valence-corrected chi connectivity index (χ1v) is 27.5. The van der Waals surface area contributed by atoms with Gasteiger partial charge in [-0.2, -0.15) is 9.75 Å². The third kappa shape index (κ3) is 12.6. The number of alkyl carbamates (subject to hydrolysis) is 1. The standard InChI is InChI=1S/C59H61N11O15/c60-49(73)27-45(54(79)65-46(52(77)61-30-51(75)76)28-59(42-19-8-9-20-43(42)66-55(59)80)85-70-34-13-10-14-35(70)26-36(71)25-34)64-53(78)44(23-32-21-22-48(72)47(24-32)69-58(83)68(56(81)67-69)33-11-2-1-3-12-33)63-50(74)29-62-57(82)84-31-41-39-17-6-4-15-37(39)38-16-5-7-18-40(38)41/h1-9,11-12,15-22,24,34-35,41,44-46,55,66,72,80H,10,13-14,23,25-31H2,(H2,60,73)(H,61,77)(H,62,82)(H,63,74)(H,64,78)(H,65,79)(H,67,81)(H,75,76)/t34?,35?,44-,45-,46-,55?,59?/m0/s1. The van der Waals surface area contributed by atoms with Gasteiger partial charge in [0.15, 0.2) is 11.8 Å². The molecule has 3 aliphatic heterocycles. The molecule has 1 aromatic heterocycles. The largest absolute Gasteiger partial charge is 0.506 e. The number of nitrogens with zero attached hydrogens (tertiary/aromatic N) is 3. The minimum absolute atomic E-state index is 0.0267. The molecule has 2 saturated heterocycles. The van der Waals surface area contributed by atoms with E-state index >= 15 is 0 Å². The number of piperidine rings is 2. The molecular weight excluding hydrogens is 1100 g/mol. The number of aliphatic hydroxyl groups is 1. The summed E-state index contributed by atoms with van der Waals surface area (Å²) in [5.74, 6) is -7.75. The molecule has 2 fully saturated rings. The summed E-state index contributed by atoms with van der Waals surface area (Å²) in [6, 6.07) is 27.4. The zero-order chi connectivity index (χ0) is 60.1. The fourth-order valence-corrected chi connectivity index (χ4v) is 11.7. The van der Waals surface area contributed by atoms with Gasteiger partial charge in [-0.25, -0.2) is 24.0 Å². The number of hydrogen-bond donors (Lipinski definition) is 11. The van der Waals surface area contributed by atoms with Crippen LogP contribution in [-0.2, 0) is 55.2 Å². The number of carbonyl (C=O) groups excluding carboxylic acids is 7. The van der Waals surface area contributed by atoms with E-state index < -0.39 is 133 Å².